The van der Waals surface area contributed by atoms with Gasteiger partial charge in [0.2, 0.25) is 0 Å². The van der Waals surface area contributed by atoms with E-state index in [1.54, 1.807) is 0 Å². The van der Waals surface area contributed by atoms with E-state index >= 15 is 0 Å². The Morgan fingerprint density at radius 2 is 1.81 bits per heavy atom. The second-order valence-electron chi connectivity index (χ2n) is 5.76. The first-order chi connectivity index (χ1) is 9.83. The molecule has 1 rings (SSSR count). The zero-order valence-electron chi connectivity index (χ0n) is 13.9. The van der Waals surface area contributed by atoms with Crippen molar-refractivity contribution in [2.24, 2.45) is 0 Å². The highest BCUT2D eigenvalue weighted by molar-refractivity contribution is 5.82. The molecule has 1 aromatic carbocycles. The fourth-order valence-corrected chi connectivity index (χ4v) is 2.20. The SMILES string of the molecule is CCC(C)NC(C)(C(=O)OC)c1ccc(OC(C)C)cc1. The van der Waals surface area contributed by atoms with Gasteiger partial charge in [0.1, 0.15) is 11.3 Å². The predicted molar refractivity (Wildman–Crippen MR) is 84.5 cm³/mol. The van der Waals surface area contributed by atoms with Crippen molar-refractivity contribution in [2.45, 2.75) is 58.7 Å². The maximum absolute atomic E-state index is 12.2. The Kier molecular flexibility index (Phi) is 6.21. The molecular formula is C17H27NO3. The van der Waals surface area contributed by atoms with E-state index in [9.17, 15) is 4.79 Å². The molecule has 0 saturated heterocycles. The average molecular weight is 293 g/mol. The first-order valence-electron chi connectivity index (χ1n) is 7.46. The van der Waals surface area contributed by atoms with Crippen molar-refractivity contribution >= 4 is 5.97 Å². The Bertz CT molecular complexity index is 456. The Balaban J connectivity index is 3.06. The van der Waals surface area contributed by atoms with E-state index in [-0.39, 0.29) is 18.1 Å². The molecule has 0 heterocycles. The van der Waals surface area contributed by atoms with Gasteiger partial charge in [0.15, 0.2) is 0 Å². The van der Waals surface area contributed by atoms with Crippen LogP contribution in [0.1, 0.15) is 46.6 Å². The van der Waals surface area contributed by atoms with E-state index in [0.29, 0.717) is 0 Å². The van der Waals surface area contributed by atoms with E-state index in [0.717, 1.165) is 17.7 Å². The van der Waals surface area contributed by atoms with E-state index in [1.807, 2.05) is 45.0 Å². The molecule has 1 aromatic rings. The van der Waals surface area contributed by atoms with Gasteiger partial charge < -0.3 is 9.47 Å². The average Bonchev–Trinajstić information content (AvgIpc) is 2.46. The lowest BCUT2D eigenvalue weighted by Gasteiger charge is -2.31. The summed E-state index contributed by atoms with van der Waals surface area (Å²) in [5.74, 6) is 0.504. The van der Waals surface area contributed by atoms with Crippen LogP contribution in [0.2, 0.25) is 0 Å². The summed E-state index contributed by atoms with van der Waals surface area (Å²) in [4.78, 5) is 12.2. The maximum Gasteiger partial charge on any atom is 0.330 e. The lowest BCUT2D eigenvalue weighted by Crippen LogP contribution is -2.50. The monoisotopic (exact) mass is 293 g/mol. The van der Waals surface area contributed by atoms with Gasteiger partial charge in [0.05, 0.1) is 13.2 Å². The van der Waals surface area contributed by atoms with E-state index in [1.165, 1.54) is 7.11 Å². The van der Waals surface area contributed by atoms with Crippen LogP contribution in [0, 0.1) is 0 Å². The molecule has 4 nitrogen and oxygen atoms in total. The van der Waals surface area contributed by atoms with Crippen LogP contribution in [0.3, 0.4) is 0 Å². The van der Waals surface area contributed by atoms with Gasteiger partial charge >= 0.3 is 5.97 Å². The van der Waals surface area contributed by atoms with Crippen LogP contribution < -0.4 is 10.1 Å². The Hall–Kier alpha value is -1.55. The molecule has 4 heteroatoms. The molecule has 0 saturated carbocycles. The summed E-state index contributed by atoms with van der Waals surface area (Å²) in [6.45, 7) is 9.95. The molecule has 0 aromatic heterocycles. The number of hydrogen-bond donors (Lipinski definition) is 1. The largest absolute Gasteiger partial charge is 0.491 e. The molecule has 21 heavy (non-hydrogen) atoms. The highest BCUT2D eigenvalue weighted by Crippen LogP contribution is 2.26. The minimum Gasteiger partial charge on any atom is -0.491 e. The highest BCUT2D eigenvalue weighted by Gasteiger charge is 2.37. The number of esters is 1. The van der Waals surface area contributed by atoms with Crippen molar-refractivity contribution in [2.75, 3.05) is 7.11 Å². The minimum atomic E-state index is -0.861. The van der Waals surface area contributed by atoms with Gasteiger partial charge in [-0.05, 0) is 51.8 Å². The standard InChI is InChI=1S/C17H27NO3/c1-7-13(4)18-17(5,16(19)20-6)14-8-10-15(11-9-14)21-12(2)3/h8-13,18H,7H2,1-6H3. The van der Waals surface area contributed by atoms with Gasteiger partial charge in [-0.3, -0.25) is 5.32 Å². The normalized spacial score (nSPS) is 15.4. The summed E-state index contributed by atoms with van der Waals surface area (Å²) in [6, 6.07) is 7.79. The summed E-state index contributed by atoms with van der Waals surface area (Å²) >= 11 is 0. The molecule has 0 aliphatic rings. The molecule has 2 atom stereocenters. The fourth-order valence-electron chi connectivity index (χ4n) is 2.20. The molecular weight excluding hydrogens is 266 g/mol. The van der Waals surface area contributed by atoms with Crippen molar-refractivity contribution in [3.8, 4) is 5.75 Å². The summed E-state index contributed by atoms with van der Waals surface area (Å²) < 4.78 is 10.6. The molecule has 118 valence electrons. The zero-order valence-corrected chi connectivity index (χ0v) is 13.9. The third-order valence-electron chi connectivity index (χ3n) is 3.54. The molecule has 0 aliphatic heterocycles. The first kappa shape index (κ1) is 17.5. The highest BCUT2D eigenvalue weighted by atomic mass is 16.5. The smallest absolute Gasteiger partial charge is 0.330 e. The molecule has 1 N–H and O–H groups in total. The summed E-state index contributed by atoms with van der Waals surface area (Å²) in [5, 5.41) is 3.35. The second-order valence-corrected chi connectivity index (χ2v) is 5.76. The number of carbonyl (C=O) groups is 1. The quantitative estimate of drug-likeness (QED) is 0.784. The topological polar surface area (TPSA) is 47.6 Å². The van der Waals surface area contributed by atoms with Crippen LogP contribution >= 0.6 is 0 Å². The number of benzene rings is 1. The number of carbonyl (C=O) groups excluding carboxylic acids is 1. The van der Waals surface area contributed by atoms with Crippen LogP contribution in [-0.2, 0) is 15.1 Å². The molecule has 0 bridgehead atoms. The van der Waals surface area contributed by atoms with Gasteiger partial charge in [-0.2, -0.15) is 0 Å². The van der Waals surface area contributed by atoms with E-state index in [4.69, 9.17) is 9.47 Å². The van der Waals surface area contributed by atoms with Gasteiger partial charge in [0.25, 0.3) is 0 Å². The van der Waals surface area contributed by atoms with Crippen molar-refractivity contribution in [3.05, 3.63) is 29.8 Å². The van der Waals surface area contributed by atoms with Crippen molar-refractivity contribution in [1.29, 1.82) is 0 Å². The van der Waals surface area contributed by atoms with Crippen LogP contribution in [0.4, 0.5) is 0 Å². The van der Waals surface area contributed by atoms with Crippen molar-refractivity contribution in [1.82, 2.24) is 5.32 Å². The Labute approximate surface area is 127 Å². The minimum absolute atomic E-state index is 0.126. The maximum atomic E-state index is 12.2. The second kappa shape index (κ2) is 7.46. The molecule has 0 aliphatic carbocycles. The summed E-state index contributed by atoms with van der Waals surface area (Å²) in [5.41, 5.74) is 0.00586. The third kappa shape index (κ3) is 4.46. The molecule has 0 amide bonds. The van der Waals surface area contributed by atoms with Crippen LogP contribution in [-0.4, -0.2) is 25.2 Å². The van der Waals surface area contributed by atoms with Gasteiger partial charge in [0, 0.05) is 6.04 Å². The van der Waals surface area contributed by atoms with Crippen molar-refractivity contribution < 1.29 is 14.3 Å². The zero-order chi connectivity index (χ0) is 16.0. The predicted octanol–water partition coefficient (Wildman–Crippen LogP) is 3.25. The van der Waals surface area contributed by atoms with Gasteiger partial charge in [-0.25, -0.2) is 4.79 Å². The molecule has 0 radical (unpaired) electrons. The van der Waals surface area contributed by atoms with E-state index < -0.39 is 5.54 Å². The van der Waals surface area contributed by atoms with Gasteiger partial charge in [-0.1, -0.05) is 19.1 Å². The number of ether oxygens (including phenoxy) is 2. The first-order valence-corrected chi connectivity index (χ1v) is 7.46. The third-order valence-corrected chi connectivity index (χ3v) is 3.54. The Morgan fingerprint density at radius 1 is 1.24 bits per heavy atom. The van der Waals surface area contributed by atoms with Crippen LogP contribution in [0.25, 0.3) is 0 Å². The fraction of sp³-hybridized carbons (Fsp3) is 0.588. The summed E-state index contributed by atoms with van der Waals surface area (Å²) in [7, 11) is 1.41. The number of methoxy groups -OCH3 is 1. The van der Waals surface area contributed by atoms with Crippen LogP contribution in [0.5, 0.6) is 5.75 Å². The van der Waals surface area contributed by atoms with E-state index in [2.05, 4.69) is 19.2 Å². The lowest BCUT2D eigenvalue weighted by atomic mass is 9.90. The Morgan fingerprint density at radius 3 is 2.24 bits per heavy atom. The summed E-state index contributed by atoms with van der Waals surface area (Å²) in [6.07, 6.45) is 1.06. The number of hydrogen-bond acceptors (Lipinski definition) is 4. The van der Waals surface area contributed by atoms with Gasteiger partial charge in [-0.15, -0.1) is 0 Å². The number of nitrogens with one attached hydrogen (secondary N) is 1. The van der Waals surface area contributed by atoms with Crippen molar-refractivity contribution in [3.63, 3.8) is 0 Å². The molecule has 0 spiro atoms. The lowest BCUT2D eigenvalue weighted by molar-refractivity contribution is -0.148. The van der Waals surface area contributed by atoms with Crippen LogP contribution in [0.15, 0.2) is 24.3 Å². The molecule has 2 unspecified atom stereocenters. The molecule has 0 fully saturated rings. The number of rotatable bonds is 7.